The lowest BCUT2D eigenvalue weighted by Crippen LogP contribution is -2.45. The summed E-state index contributed by atoms with van der Waals surface area (Å²) in [6.07, 6.45) is 5.86. The summed E-state index contributed by atoms with van der Waals surface area (Å²) in [4.78, 5) is 22.2. The summed E-state index contributed by atoms with van der Waals surface area (Å²) in [6, 6.07) is 2.93. The number of anilines is 1. The smallest absolute Gasteiger partial charge is 0.240 e. The number of nitrogens with one attached hydrogen (secondary N) is 1. The Bertz CT molecular complexity index is 733. The monoisotopic (exact) mass is 347 g/mol. The van der Waals surface area contributed by atoms with Gasteiger partial charge >= 0.3 is 0 Å². The maximum Gasteiger partial charge on any atom is 0.240 e. The van der Waals surface area contributed by atoms with Gasteiger partial charge in [-0.3, -0.25) is 4.79 Å². The number of amides is 1. The second-order valence-corrected chi connectivity index (χ2v) is 6.33. The van der Waals surface area contributed by atoms with Crippen LogP contribution in [-0.4, -0.2) is 50.8 Å². The number of rotatable bonds is 6. The molecule has 0 spiro atoms. The molecule has 134 valence electrons. The van der Waals surface area contributed by atoms with Crippen LogP contribution in [0.15, 0.2) is 30.7 Å². The normalized spacial score (nSPS) is 20.0. The first-order valence-corrected chi connectivity index (χ1v) is 8.35. The van der Waals surface area contributed by atoms with Crippen LogP contribution in [0.5, 0.6) is 0 Å². The number of imidazole rings is 1. The maximum absolute atomic E-state index is 13.0. The number of aryl methyl sites for hydroxylation is 1. The summed E-state index contributed by atoms with van der Waals surface area (Å²) in [5.74, 6) is 0.911. The van der Waals surface area contributed by atoms with E-state index in [9.17, 15) is 14.3 Å². The van der Waals surface area contributed by atoms with Crippen molar-refractivity contribution in [2.24, 2.45) is 0 Å². The average Bonchev–Trinajstić information content (AvgIpc) is 3.21. The molecular weight excluding hydrogens is 325 g/mol. The Morgan fingerprint density at radius 1 is 1.44 bits per heavy atom. The highest BCUT2D eigenvalue weighted by atomic mass is 19.1. The third-order valence-electron chi connectivity index (χ3n) is 4.41. The summed E-state index contributed by atoms with van der Waals surface area (Å²) in [5.41, 5.74) is -1.02. The zero-order valence-electron chi connectivity index (χ0n) is 14.2. The van der Waals surface area contributed by atoms with Crippen molar-refractivity contribution in [3.05, 3.63) is 42.4 Å². The highest BCUT2D eigenvalue weighted by Gasteiger charge is 2.36. The van der Waals surface area contributed by atoms with E-state index in [1.807, 2.05) is 11.8 Å². The summed E-state index contributed by atoms with van der Waals surface area (Å²) in [6.45, 7) is 3.28. The molecule has 0 aromatic carbocycles. The lowest BCUT2D eigenvalue weighted by molar-refractivity contribution is -0.122. The topological polar surface area (TPSA) is 83.3 Å². The zero-order chi connectivity index (χ0) is 17.9. The standard InChI is InChI=1S/C17H22FN5O2/c1-2-14-19-6-8-22(14)10-16(24)21-11-17(25)5-7-23(12-17)15-4-3-13(18)9-20-15/h3-4,6,8-9,25H,2,5,7,10-12H2,1H3,(H,21,24)/t17-/m1/s1. The number of aromatic nitrogens is 3. The van der Waals surface area contributed by atoms with E-state index in [1.165, 1.54) is 6.07 Å². The van der Waals surface area contributed by atoms with Crippen molar-refractivity contribution in [1.29, 1.82) is 0 Å². The van der Waals surface area contributed by atoms with Gasteiger partial charge in [-0.1, -0.05) is 6.92 Å². The molecule has 2 aromatic heterocycles. The molecule has 0 unspecified atom stereocenters. The average molecular weight is 347 g/mol. The molecule has 3 rings (SSSR count). The summed E-state index contributed by atoms with van der Waals surface area (Å²) < 4.78 is 14.8. The van der Waals surface area contributed by atoms with Gasteiger partial charge in [0.25, 0.3) is 0 Å². The number of β-amino-alcohol motifs (C(OH)–C–C–N with tert-alkyl or cyclic N) is 1. The fraction of sp³-hybridized carbons (Fsp3) is 0.471. The Hall–Kier alpha value is -2.48. The van der Waals surface area contributed by atoms with Gasteiger partial charge in [0.15, 0.2) is 0 Å². The molecule has 0 aliphatic carbocycles. The van der Waals surface area contributed by atoms with E-state index < -0.39 is 11.4 Å². The zero-order valence-corrected chi connectivity index (χ0v) is 14.2. The quantitative estimate of drug-likeness (QED) is 0.805. The Morgan fingerprint density at radius 2 is 2.28 bits per heavy atom. The third kappa shape index (κ3) is 4.14. The lowest BCUT2D eigenvalue weighted by Gasteiger charge is -2.24. The van der Waals surface area contributed by atoms with Crippen LogP contribution in [0.1, 0.15) is 19.2 Å². The maximum atomic E-state index is 13.0. The third-order valence-corrected chi connectivity index (χ3v) is 4.41. The summed E-state index contributed by atoms with van der Waals surface area (Å²) >= 11 is 0. The fourth-order valence-corrected chi connectivity index (χ4v) is 3.02. The predicted molar refractivity (Wildman–Crippen MR) is 90.6 cm³/mol. The van der Waals surface area contributed by atoms with E-state index in [4.69, 9.17) is 0 Å². The van der Waals surface area contributed by atoms with Crippen LogP contribution in [0.4, 0.5) is 10.2 Å². The number of hydrogen-bond acceptors (Lipinski definition) is 5. The highest BCUT2D eigenvalue weighted by molar-refractivity contribution is 5.75. The molecule has 2 aromatic rings. The Balaban J connectivity index is 1.52. The van der Waals surface area contributed by atoms with Gasteiger partial charge in [-0.05, 0) is 18.6 Å². The molecule has 1 saturated heterocycles. The molecule has 1 aliphatic heterocycles. The van der Waals surface area contributed by atoms with Gasteiger partial charge in [0, 0.05) is 38.4 Å². The van der Waals surface area contributed by atoms with Gasteiger partial charge in [-0.2, -0.15) is 0 Å². The van der Waals surface area contributed by atoms with Crippen LogP contribution in [0.2, 0.25) is 0 Å². The van der Waals surface area contributed by atoms with E-state index >= 15 is 0 Å². The van der Waals surface area contributed by atoms with Crippen molar-refractivity contribution >= 4 is 11.7 Å². The second-order valence-electron chi connectivity index (χ2n) is 6.33. The van der Waals surface area contributed by atoms with E-state index in [0.29, 0.717) is 25.3 Å². The number of aliphatic hydroxyl groups is 1. The van der Waals surface area contributed by atoms with Gasteiger partial charge in [0.1, 0.15) is 29.6 Å². The van der Waals surface area contributed by atoms with Gasteiger partial charge in [-0.15, -0.1) is 0 Å². The van der Waals surface area contributed by atoms with Gasteiger partial charge in [0.2, 0.25) is 5.91 Å². The minimum Gasteiger partial charge on any atom is -0.386 e. The van der Waals surface area contributed by atoms with Crippen LogP contribution in [0, 0.1) is 5.82 Å². The van der Waals surface area contributed by atoms with Crippen molar-refractivity contribution in [3.8, 4) is 0 Å². The number of halogens is 1. The summed E-state index contributed by atoms with van der Waals surface area (Å²) in [5, 5.41) is 13.5. The van der Waals surface area contributed by atoms with E-state index in [2.05, 4.69) is 15.3 Å². The van der Waals surface area contributed by atoms with Crippen molar-refractivity contribution < 1.29 is 14.3 Å². The second kappa shape index (κ2) is 7.18. The van der Waals surface area contributed by atoms with E-state index in [1.54, 1.807) is 23.0 Å². The molecule has 7 nitrogen and oxygen atoms in total. The largest absolute Gasteiger partial charge is 0.386 e. The molecule has 1 atom stereocenters. The SMILES string of the molecule is CCc1nccn1CC(=O)NC[C@]1(O)CCN(c2ccc(F)cn2)C1. The molecule has 2 N–H and O–H groups in total. The van der Waals surface area contributed by atoms with Crippen LogP contribution in [0.3, 0.4) is 0 Å². The highest BCUT2D eigenvalue weighted by Crippen LogP contribution is 2.25. The minimum atomic E-state index is -1.02. The number of carbonyl (C=O) groups is 1. The van der Waals surface area contributed by atoms with Crippen LogP contribution >= 0.6 is 0 Å². The van der Waals surface area contributed by atoms with E-state index in [-0.39, 0.29) is 19.0 Å². The molecule has 1 aliphatic rings. The lowest BCUT2D eigenvalue weighted by atomic mass is 10.0. The Kier molecular flexibility index (Phi) is 4.98. The van der Waals surface area contributed by atoms with E-state index in [0.717, 1.165) is 18.4 Å². The predicted octanol–water partition coefficient (Wildman–Crippen LogP) is 0.737. The van der Waals surface area contributed by atoms with Crippen LogP contribution in [-0.2, 0) is 17.8 Å². The molecule has 0 radical (unpaired) electrons. The Morgan fingerprint density at radius 3 is 3.00 bits per heavy atom. The first kappa shape index (κ1) is 17.3. The molecule has 8 heteroatoms. The fourth-order valence-electron chi connectivity index (χ4n) is 3.02. The van der Waals surface area contributed by atoms with Crippen molar-refractivity contribution in [2.45, 2.75) is 31.9 Å². The molecule has 1 amide bonds. The molecule has 25 heavy (non-hydrogen) atoms. The first-order chi connectivity index (χ1) is 12.0. The number of carbonyl (C=O) groups excluding carboxylic acids is 1. The molecule has 3 heterocycles. The number of hydrogen-bond donors (Lipinski definition) is 2. The Labute approximate surface area is 145 Å². The van der Waals surface area contributed by atoms with Gasteiger partial charge in [0.05, 0.1) is 6.20 Å². The molecule has 1 fully saturated rings. The minimum absolute atomic E-state index is 0.166. The number of nitrogens with zero attached hydrogens (tertiary/aromatic N) is 4. The van der Waals surface area contributed by atoms with Crippen molar-refractivity contribution in [2.75, 3.05) is 24.5 Å². The van der Waals surface area contributed by atoms with Crippen LogP contribution < -0.4 is 10.2 Å². The molecular formula is C17H22FN5O2. The molecule has 0 saturated carbocycles. The summed E-state index contributed by atoms with van der Waals surface area (Å²) in [7, 11) is 0. The van der Waals surface area contributed by atoms with Gasteiger partial charge < -0.3 is 19.9 Å². The molecule has 0 bridgehead atoms. The first-order valence-electron chi connectivity index (χ1n) is 8.35. The number of pyridine rings is 1. The van der Waals surface area contributed by atoms with Crippen LogP contribution in [0.25, 0.3) is 0 Å². The van der Waals surface area contributed by atoms with Crippen molar-refractivity contribution in [3.63, 3.8) is 0 Å². The van der Waals surface area contributed by atoms with Gasteiger partial charge in [-0.25, -0.2) is 14.4 Å². The van der Waals surface area contributed by atoms with Crippen molar-refractivity contribution in [1.82, 2.24) is 19.9 Å².